The minimum Gasteiger partial charge on any atom is -0.487 e. The van der Waals surface area contributed by atoms with Gasteiger partial charge in [-0.05, 0) is 29.7 Å². The number of aromatic nitrogens is 1. The van der Waals surface area contributed by atoms with Crippen LogP contribution in [0.15, 0.2) is 42.5 Å². The van der Waals surface area contributed by atoms with Gasteiger partial charge in [0.2, 0.25) is 0 Å². The van der Waals surface area contributed by atoms with Crippen LogP contribution in [0.3, 0.4) is 0 Å². The standard InChI is InChI=1S/C16H20N2O/c1-12(2)15-8-3-4-9-16(15)19-11-14-7-5-6-13(10-17)18-14/h3-9,12H,10-11,17H2,1-2H3. The molecule has 0 fully saturated rings. The van der Waals surface area contributed by atoms with Crippen molar-refractivity contribution in [2.24, 2.45) is 5.73 Å². The molecular formula is C16H20N2O. The van der Waals surface area contributed by atoms with Crippen LogP contribution >= 0.6 is 0 Å². The van der Waals surface area contributed by atoms with Gasteiger partial charge in [0.05, 0.1) is 11.4 Å². The maximum Gasteiger partial charge on any atom is 0.130 e. The first-order chi connectivity index (χ1) is 9.20. The second-order valence-corrected chi connectivity index (χ2v) is 4.81. The third-order valence-corrected chi connectivity index (χ3v) is 2.99. The van der Waals surface area contributed by atoms with Crippen molar-refractivity contribution < 1.29 is 4.74 Å². The third-order valence-electron chi connectivity index (χ3n) is 2.99. The van der Waals surface area contributed by atoms with Crippen LogP contribution in [0.2, 0.25) is 0 Å². The molecular weight excluding hydrogens is 236 g/mol. The Hall–Kier alpha value is -1.87. The van der Waals surface area contributed by atoms with Crippen LogP contribution in [0.1, 0.15) is 36.7 Å². The molecule has 0 spiro atoms. The highest BCUT2D eigenvalue weighted by atomic mass is 16.5. The number of para-hydroxylation sites is 1. The molecule has 1 aromatic carbocycles. The molecule has 2 N–H and O–H groups in total. The fourth-order valence-corrected chi connectivity index (χ4v) is 1.96. The summed E-state index contributed by atoms with van der Waals surface area (Å²) >= 11 is 0. The van der Waals surface area contributed by atoms with E-state index in [1.807, 2.05) is 36.4 Å². The lowest BCUT2D eigenvalue weighted by molar-refractivity contribution is 0.296. The Morgan fingerprint density at radius 3 is 2.53 bits per heavy atom. The number of pyridine rings is 1. The fraction of sp³-hybridized carbons (Fsp3) is 0.312. The van der Waals surface area contributed by atoms with Crippen LogP contribution in [-0.4, -0.2) is 4.98 Å². The molecule has 0 amide bonds. The number of hydrogen-bond donors (Lipinski definition) is 1. The Morgan fingerprint density at radius 2 is 1.79 bits per heavy atom. The third kappa shape index (κ3) is 3.55. The predicted molar refractivity (Wildman–Crippen MR) is 77.0 cm³/mol. The average molecular weight is 256 g/mol. The first kappa shape index (κ1) is 13.6. The van der Waals surface area contributed by atoms with Crippen molar-refractivity contribution in [2.75, 3.05) is 0 Å². The molecule has 2 rings (SSSR count). The number of rotatable bonds is 5. The lowest BCUT2D eigenvalue weighted by atomic mass is 10.0. The first-order valence-corrected chi connectivity index (χ1v) is 6.57. The summed E-state index contributed by atoms with van der Waals surface area (Å²) in [5.74, 6) is 1.37. The highest BCUT2D eigenvalue weighted by Crippen LogP contribution is 2.26. The molecule has 100 valence electrons. The van der Waals surface area contributed by atoms with Gasteiger partial charge in [-0.15, -0.1) is 0 Å². The van der Waals surface area contributed by atoms with Gasteiger partial charge in [0, 0.05) is 6.54 Å². The Balaban J connectivity index is 2.10. The van der Waals surface area contributed by atoms with E-state index in [1.165, 1.54) is 5.56 Å². The molecule has 0 aliphatic heterocycles. The lowest BCUT2D eigenvalue weighted by Gasteiger charge is -2.13. The number of ether oxygens (including phenoxy) is 1. The van der Waals surface area contributed by atoms with Gasteiger partial charge < -0.3 is 10.5 Å². The van der Waals surface area contributed by atoms with Gasteiger partial charge >= 0.3 is 0 Å². The molecule has 0 saturated heterocycles. The largest absolute Gasteiger partial charge is 0.487 e. The molecule has 0 aliphatic rings. The second kappa shape index (κ2) is 6.34. The highest BCUT2D eigenvalue weighted by Gasteiger charge is 2.07. The Bertz CT molecular complexity index is 538. The molecule has 0 atom stereocenters. The van der Waals surface area contributed by atoms with Crippen molar-refractivity contribution in [3.05, 3.63) is 59.4 Å². The molecule has 3 heteroatoms. The van der Waals surface area contributed by atoms with Crippen molar-refractivity contribution >= 4 is 0 Å². The van der Waals surface area contributed by atoms with Gasteiger partial charge in [0.25, 0.3) is 0 Å². The van der Waals surface area contributed by atoms with Gasteiger partial charge in [-0.25, -0.2) is 0 Å². The summed E-state index contributed by atoms with van der Waals surface area (Å²) in [7, 11) is 0. The van der Waals surface area contributed by atoms with E-state index in [-0.39, 0.29) is 0 Å². The minimum absolute atomic E-state index is 0.444. The Labute approximate surface area is 114 Å². The summed E-state index contributed by atoms with van der Waals surface area (Å²) < 4.78 is 5.88. The summed E-state index contributed by atoms with van der Waals surface area (Å²) in [6, 6.07) is 14.0. The Kier molecular flexibility index (Phi) is 4.53. The van der Waals surface area contributed by atoms with Crippen LogP contribution in [0.25, 0.3) is 0 Å². The average Bonchev–Trinajstić information content (AvgIpc) is 2.45. The summed E-state index contributed by atoms with van der Waals surface area (Å²) in [6.07, 6.45) is 0. The molecule has 0 aliphatic carbocycles. The molecule has 0 bridgehead atoms. The van der Waals surface area contributed by atoms with Gasteiger partial charge in [-0.3, -0.25) is 4.98 Å². The van der Waals surface area contributed by atoms with E-state index in [9.17, 15) is 0 Å². The van der Waals surface area contributed by atoms with E-state index in [1.54, 1.807) is 0 Å². The van der Waals surface area contributed by atoms with E-state index in [2.05, 4.69) is 24.9 Å². The minimum atomic E-state index is 0.444. The summed E-state index contributed by atoms with van der Waals surface area (Å²) in [5, 5.41) is 0. The zero-order chi connectivity index (χ0) is 13.7. The number of benzene rings is 1. The van der Waals surface area contributed by atoms with E-state index in [0.29, 0.717) is 19.1 Å². The smallest absolute Gasteiger partial charge is 0.130 e. The molecule has 0 saturated carbocycles. The van der Waals surface area contributed by atoms with Gasteiger partial charge in [-0.1, -0.05) is 38.1 Å². The van der Waals surface area contributed by atoms with Gasteiger partial charge in [0.15, 0.2) is 0 Å². The van der Waals surface area contributed by atoms with E-state index in [0.717, 1.165) is 17.1 Å². The molecule has 1 heterocycles. The molecule has 0 radical (unpaired) electrons. The van der Waals surface area contributed by atoms with Gasteiger partial charge in [0.1, 0.15) is 12.4 Å². The van der Waals surface area contributed by atoms with E-state index >= 15 is 0 Å². The molecule has 1 aromatic heterocycles. The zero-order valence-corrected chi connectivity index (χ0v) is 11.5. The van der Waals surface area contributed by atoms with Gasteiger partial charge in [-0.2, -0.15) is 0 Å². The molecule has 0 unspecified atom stereocenters. The van der Waals surface area contributed by atoms with E-state index < -0.39 is 0 Å². The Morgan fingerprint density at radius 1 is 1.05 bits per heavy atom. The highest BCUT2D eigenvalue weighted by molar-refractivity contribution is 5.35. The monoisotopic (exact) mass is 256 g/mol. The maximum absolute atomic E-state index is 5.88. The normalized spacial score (nSPS) is 10.7. The predicted octanol–water partition coefficient (Wildman–Crippen LogP) is 3.24. The van der Waals surface area contributed by atoms with Crippen LogP contribution in [0.4, 0.5) is 0 Å². The van der Waals surface area contributed by atoms with Crippen molar-refractivity contribution in [1.29, 1.82) is 0 Å². The van der Waals surface area contributed by atoms with Crippen LogP contribution in [0.5, 0.6) is 5.75 Å². The molecule has 3 nitrogen and oxygen atoms in total. The van der Waals surface area contributed by atoms with Crippen LogP contribution in [0, 0.1) is 0 Å². The van der Waals surface area contributed by atoms with Crippen molar-refractivity contribution in [3.63, 3.8) is 0 Å². The number of nitrogens with two attached hydrogens (primary N) is 1. The first-order valence-electron chi connectivity index (χ1n) is 6.57. The summed E-state index contributed by atoms with van der Waals surface area (Å²) in [5.41, 5.74) is 8.60. The summed E-state index contributed by atoms with van der Waals surface area (Å²) in [6.45, 7) is 5.25. The molecule has 19 heavy (non-hydrogen) atoms. The van der Waals surface area contributed by atoms with E-state index in [4.69, 9.17) is 10.5 Å². The second-order valence-electron chi connectivity index (χ2n) is 4.81. The topological polar surface area (TPSA) is 48.1 Å². The lowest BCUT2D eigenvalue weighted by Crippen LogP contribution is -2.05. The quantitative estimate of drug-likeness (QED) is 0.893. The number of hydrogen-bond acceptors (Lipinski definition) is 3. The fourth-order valence-electron chi connectivity index (χ4n) is 1.96. The number of nitrogens with zero attached hydrogens (tertiary/aromatic N) is 1. The van der Waals surface area contributed by atoms with Crippen molar-refractivity contribution in [2.45, 2.75) is 32.9 Å². The zero-order valence-electron chi connectivity index (χ0n) is 11.5. The molecule has 2 aromatic rings. The SMILES string of the molecule is CC(C)c1ccccc1OCc1cccc(CN)n1. The maximum atomic E-state index is 5.88. The van der Waals surface area contributed by atoms with Crippen LogP contribution < -0.4 is 10.5 Å². The van der Waals surface area contributed by atoms with Crippen molar-refractivity contribution in [1.82, 2.24) is 4.98 Å². The van der Waals surface area contributed by atoms with Crippen molar-refractivity contribution in [3.8, 4) is 5.75 Å². The van der Waals surface area contributed by atoms with Crippen LogP contribution in [-0.2, 0) is 13.2 Å². The summed E-state index contributed by atoms with van der Waals surface area (Å²) in [4.78, 5) is 4.43.